The van der Waals surface area contributed by atoms with Crippen molar-refractivity contribution < 1.29 is 9.53 Å². The van der Waals surface area contributed by atoms with Gasteiger partial charge in [0, 0.05) is 18.8 Å². The highest BCUT2D eigenvalue weighted by Gasteiger charge is 2.14. The van der Waals surface area contributed by atoms with Crippen LogP contribution in [0.2, 0.25) is 0 Å². The number of anilines is 1. The Balaban J connectivity index is 1.49. The lowest BCUT2D eigenvalue weighted by atomic mass is 10.0. The van der Waals surface area contributed by atoms with Crippen LogP contribution in [0.4, 0.5) is 5.69 Å². The number of carbonyl (C=O) groups is 1. The van der Waals surface area contributed by atoms with Gasteiger partial charge in [-0.2, -0.15) is 0 Å². The minimum Gasteiger partial charge on any atom is -0.379 e. The molecule has 0 aromatic heterocycles. The predicted molar refractivity (Wildman–Crippen MR) is 105 cm³/mol. The van der Waals surface area contributed by atoms with Gasteiger partial charge in [0.1, 0.15) is 0 Å². The number of rotatable bonds is 4. The van der Waals surface area contributed by atoms with Crippen LogP contribution < -0.4 is 5.32 Å². The number of hydrogen-bond acceptors (Lipinski definition) is 3. The highest BCUT2D eigenvalue weighted by atomic mass is 16.5. The van der Waals surface area contributed by atoms with Gasteiger partial charge in [0.2, 0.25) is 5.91 Å². The third-order valence-electron chi connectivity index (χ3n) is 4.70. The standard InChI is InChI=1S/C22H22N2O2/c25-22(16-24-10-12-26-13-11-24)23-21-7-3-6-19(15-21)20-9-8-17-4-1-2-5-18(17)14-20/h1-9,14-15H,10-13,16H2,(H,23,25). The maximum Gasteiger partial charge on any atom is 0.238 e. The van der Waals surface area contributed by atoms with Crippen LogP contribution in [0.1, 0.15) is 0 Å². The van der Waals surface area contributed by atoms with E-state index in [-0.39, 0.29) is 5.91 Å². The number of fused-ring (bicyclic) bond motifs is 1. The number of benzene rings is 3. The Labute approximate surface area is 153 Å². The Kier molecular flexibility index (Phi) is 4.95. The molecular formula is C22H22N2O2. The molecule has 0 bridgehead atoms. The van der Waals surface area contributed by atoms with E-state index in [9.17, 15) is 4.79 Å². The van der Waals surface area contributed by atoms with Crippen LogP contribution in [-0.2, 0) is 9.53 Å². The average molecular weight is 346 g/mol. The first-order valence-corrected chi connectivity index (χ1v) is 8.97. The molecule has 1 fully saturated rings. The second-order valence-electron chi connectivity index (χ2n) is 6.58. The Hall–Kier alpha value is -2.69. The summed E-state index contributed by atoms with van der Waals surface area (Å²) < 4.78 is 5.32. The fourth-order valence-corrected chi connectivity index (χ4v) is 3.31. The van der Waals surface area contributed by atoms with E-state index in [1.165, 1.54) is 10.8 Å². The summed E-state index contributed by atoms with van der Waals surface area (Å²) in [6.45, 7) is 3.42. The van der Waals surface area contributed by atoms with Crippen molar-refractivity contribution in [2.75, 3.05) is 38.2 Å². The molecule has 3 aromatic rings. The van der Waals surface area contributed by atoms with E-state index in [4.69, 9.17) is 4.74 Å². The van der Waals surface area contributed by atoms with Crippen molar-refractivity contribution in [3.8, 4) is 11.1 Å². The van der Waals surface area contributed by atoms with Gasteiger partial charge in [-0.25, -0.2) is 0 Å². The van der Waals surface area contributed by atoms with Crippen LogP contribution >= 0.6 is 0 Å². The molecule has 3 aromatic carbocycles. The monoisotopic (exact) mass is 346 g/mol. The zero-order chi connectivity index (χ0) is 17.8. The Morgan fingerprint density at radius 2 is 1.65 bits per heavy atom. The molecule has 0 atom stereocenters. The molecule has 0 spiro atoms. The summed E-state index contributed by atoms with van der Waals surface area (Å²) >= 11 is 0. The van der Waals surface area contributed by atoms with E-state index in [0.29, 0.717) is 19.8 Å². The van der Waals surface area contributed by atoms with E-state index >= 15 is 0 Å². The quantitative estimate of drug-likeness (QED) is 0.782. The summed E-state index contributed by atoms with van der Waals surface area (Å²) in [5.74, 6) is 0.0163. The number of morpholine rings is 1. The first-order valence-electron chi connectivity index (χ1n) is 8.97. The second-order valence-corrected chi connectivity index (χ2v) is 6.58. The van der Waals surface area contributed by atoms with E-state index in [1.807, 2.05) is 30.3 Å². The molecule has 26 heavy (non-hydrogen) atoms. The molecule has 0 saturated carbocycles. The van der Waals surface area contributed by atoms with Crippen molar-refractivity contribution in [1.82, 2.24) is 4.90 Å². The van der Waals surface area contributed by atoms with Crippen molar-refractivity contribution in [1.29, 1.82) is 0 Å². The largest absolute Gasteiger partial charge is 0.379 e. The highest BCUT2D eigenvalue weighted by molar-refractivity contribution is 5.93. The summed E-state index contributed by atoms with van der Waals surface area (Å²) in [6, 6.07) is 22.8. The van der Waals surface area contributed by atoms with E-state index in [0.717, 1.165) is 29.9 Å². The predicted octanol–water partition coefficient (Wildman–Crippen LogP) is 3.78. The highest BCUT2D eigenvalue weighted by Crippen LogP contribution is 2.26. The van der Waals surface area contributed by atoms with E-state index in [1.54, 1.807) is 0 Å². The maximum atomic E-state index is 12.3. The minimum atomic E-state index is 0.0163. The van der Waals surface area contributed by atoms with Crippen molar-refractivity contribution >= 4 is 22.4 Å². The zero-order valence-electron chi connectivity index (χ0n) is 14.7. The Bertz CT molecular complexity index is 917. The number of carbonyl (C=O) groups excluding carboxylic acids is 1. The SMILES string of the molecule is O=C(CN1CCOCC1)Nc1cccc(-c2ccc3ccccc3c2)c1. The summed E-state index contributed by atoms with van der Waals surface area (Å²) in [6.07, 6.45) is 0. The van der Waals surface area contributed by atoms with Gasteiger partial charge < -0.3 is 10.1 Å². The van der Waals surface area contributed by atoms with Gasteiger partial charge in [0.25, 0.3) is 0 Å². The van der Waals surface area contributed by atoms with Gasteiger partial charge in [0.05, 0.1) is 19.8 Å². The lowest BCUT2D eigenvalue weighted by Gasteiger charge is -2.25. The molecule has 1 N–H and O–H groups in total. The Morgan fingerprint density at radius 1 is 0.885 bits per heavy atom. The van der Waals surface area contributed by atoms with Gasteiger partial charge in [0.15, 0.2) is 0 Å². The molecule has 4 rings (SSSR count). The number of amides is 1. The first-order chi connectivity index (χ1) is 12.8. The van der Waals surface area contributed by atoms with Gasteiger partial charge in [-0.3, -0.25) is 9.69 Å². The molecule has 132 valence electrons. The van der Waals surface area contributed by atoms with E-state index in [2.05, 4.69) is 46.6 Å². The molecule has 1 amide bonds. The van der Waals surface area contributed by atoms with Crippen LogP contribution in [0.5, 0.6) is 0 Å². The fourth-order valence-electron chi connectivity index (χ4n) is 3.31. The normalized spacial score (nSPS) is 15.1. The van der Waals surface area contributed by atoms with Crippen LogP contribution in [0.15, 0.2) is 66.7 Å². The van der Waals surface area contributed by atoms with Crippen molar-refractivity contribution in [2.45, 2.75) is 0 Å². The van der Waals surface area contributed by atoms with Crippen molar-refractivity contribution in [3.05, 3.63) is 66.7 Å². The van der Waals surface area contributed by atoms with Crippen LogP contribution in [-0.4, -0.2) is 43.7 Å². The number of ether oxygens (including phenoxy) is 1. The average Bonchev–Trinajstić information content (AvgIpc) is 2.68. The van der Waals surface area contributed by atoms with Gasteiger partial charge in [-0.05, 0) is 40.1 Å². The third kappa shape index (κ3) is 3.93. The van der Waals surface area contributed by atoms with Gasteiger partial charge in [-0.15, -0.1) is 0 Å². The first kappa shape index (κ1) is 16.8. The van der Waals surface area contributed by atoms with Crippen LogP contribution in [0.25, 0.3) is 21.9 Å². The second kappa shape index (κ2) is 7.68. The molecule has 0 unspecified atom stereocenters. The lowest BCUT2D eigenvalue weighted by molar-refractivity contribution is -0.118. The molecule has 0 aliphatic carbocycles. The molecule has 1 heterocycles. The molecule has 4 heteroatoms. The molecule has 4 nitrogen and oxygen atoms in total. The Morgan fingerprint density at radius 3 is 2.50 bits per heavy atom. The topological polar surface area (TPSA) is 41.6 Å². The summed E-state index contributed by atoms with van der Waals surface area (Å²) in [4.78, 5) is 14.4. The minimum absolute atomic E-state index is 0.0163. The number of hydrogen-bond donors (Lipinski definition) is 1. The maximum absolute atomic E-state index is 12.3. The molecular weight excluding hydrogens is 324 g/mol. The van der Waals surface area contributed by atoms with Crippen LogP contribution in [0, 0.1) is 0 Å². The molecule has 0 radical (unpaired) electrons. The van der Waals surface area contributed by atoms with Crippen molar-refractivity contribution in [3.63, 3.8) is 0 Å². The molecule has 1 saturated heterocycles. The smallest absolute Gasteiger partial charge is 0.238 e. The number of nitrogens with zero attached hydrogens (tertiary/aromatic N) is 1. The van der Waals surface area contributed by atoms with Gasteiger partial charge in [-0.1, -0.05) is 48.5 Å². The summed E-state index contributed by atoms with van der Waals surface area (Å²) in [5.41, 5.74) is 3.07. The van der Waals surface area contributed by atoms with Crippen molar-refractivity contribution in [2.24, 2.45) is 0 Å². The third-order valence-corrected chi connectivity index (χ3v) is 4.70. The molecule has 1 aliphatic heterocycles. The summed E-state index contributed by atoms with van der Waals surface area (Å²) in [7, 11) is 0. The van der Waals surface area contributed by atoms with E-state index < -0.39 is 0 Å². The summed E-state index contributed by atoms with van der Waals surface area (Å²) in [5, 5.41) is 5.46. The lowest BCUT2D eigenvalue weighted by Crippen LogP contribution is -2.41. The zero-order valence-corrected chi connectivity index (χ0v) is 14.7. The van der Waals surface area contributed by atoms with Crippen LogP contribution in [0.3, 0.4) is 0 Å². The number of nitrogens with one attached hydrogen (secondary N) is 1. The van der Waals surface area contributed by atoms with Gasteiger partial charge >= 0.3 is 0 Å². The fraction of sp³-hybridized carbons (Fsp3) is 0.227. The molecule has 1 aliphatic rings.